The molecule has 1 aliphatic rings. The molecule has 25 heavy (non-hydrogen) atoms. The van der Waals surface area contributed by atoms with Gasteiger partial charge >= 0.3 is 0 Å². The number of nitrogens with zero attached hydrogens (tertiary/aromatic N) is 1. The van der Waals surface area contributed by atoms with E-state index in [2.05, 4.69) is 20.9 Å². The summed E-state index contributed by atoms with van der Waals surface area (Å²) in [6, 6.07) is 7.11. The first kappa shape index (κ1) is 19.6. The third-order valence-corrected chi connectivity index (χ3v) is 4.34. The second kappa shape index (κ2) is 11.0. The molecule has 0 atom stereocenters. The van der Waals surface area contributed by atoms with E-state index in [-0.39, 0.29) is 18.2 Å². The number of hydrogen-bond acceptors (Lipinski definition) is 5. The van der Waals surface area contributed by atoms with Crippen molar-refractivity contribution in [1.29, 1.82) is 0 Å². The summed E-state index contributed by atoms with van der Waals surface area (Å²) >= 11 is 0. The van der Waals surface area contributed by atoms with Crippen LogP contribution in [0.2, 0.25) is 0 Å². The Morgan fingerprint density at radius 1 is 1.08 bits per heavy atom. The van der Waals surface area contributed by atoms with Crippen LogP contribution in [0.1, 0.15) is 36.5 Å². The fourth-order valence-electron chi connectivity index (χ4n) is 2.94. The van der Waals surface area contributed by atoms with E-state index >= 15 is 0 Å². The van der Waals surface area contributed by atoms with Gasteiger partial charge in [0.15, 0.2) is 5.78 Å². The van der Waals surface area contributed by atoms with Crippen molar-refractivity contribution >= 4 is 17.4 Å². The number of hydrogen-bond donors (Lipinski definition) is 3. The fourth-order valence-corrected chi connectivity index (χ4v) is 2.94. The number of benzene rings is 1. The Morgan fingerprint density at radius 3 is 2.64 bits per heavy atom. The van der Waals surface area contributed by atoms with Gasteiger partial charge in [-0.05, 0) is 44.6 Å². The predicted octanol–water partition coefficient (Wildman–Crippen LogP) is 1.49. The van der Waals surface area contributed by atoms with Gasteiger partial charge < -0.3 is 20.9 Å². The standard InChI is InChI=1S/C19H30N4O2/c1-2-20-15-19(25)22-17-8-6-7-16(13-17)18(24)14-21-9-12-23-10-4-3-5-11-23/h6-8,13,20-21H,2-5,9-12,14-15H2,1H3,(H,22,25). The zero-order valence-electron chi connectivity index (χ0n) is 15.1. The van der Waals surface area contributed by atoms with Crippen LogP contribution in [-0.4, -0.2) is 62.4 Å². The third-order valence-electron chi connectivity index (χ3n) is 4.34. The van der Waals surface area contributed by atoms with Gasteiger partial charge in [-0.15, -0.1) is 0 Å². The Bertz CT molecular complexity index is 556. The Labute approximate surface area is 150 Å². The number of Topliss-reactive ketones (excluding diaryl/α,β-unsaturated/α-hetero) is 1. The summed E-state index contributed by atoms with van der Waals surface area (Å²) < 4.78 is 0. The summed E-state index contributed by atoms with van der Waals surface area (Å²) in [6.07, 6.45) is 3.90. The molecule has 1 fully saturated rings. The van der Waals surface area contributed by atoms with E-state index in [0.717, 1.165) is 19.6 Å². The van der Waals surface area contributed by atoms with Crippen molar-refractivity contribution < 1.29 is 9.59 Å². The number of nitrogens with one attached hydrogen (secondary N) is 3. The molecule has 1 aliphatic heterocycles. The van der Waals surface area contributed by atoms with Crippen molar-refractivity contribution in [2.24, 2.45) is 0 Å². The minimum absolute atomic E-state index is 0.0430. The van der Waals surface area contributed by atoms with Crippen molar-refractivity contribution in [3.63, 3.8) is 0 Å². The quantitative estimate of drug-likeness (QED) is 0.442. The number of likely N-dealkylation sites (N-methyl/N-ethyl adjacent to an activating group) is 1. The molecule has 0 bridgehead atoms. The maximum atomic E-state index is 12.3. The molecule has 1 heterocycles. The van der Waals surface area contributed by atoms with E-state index in [9.17, 15) is 9.59 Å². The number of ketones is 1. The molecule has 0 aliphatic carbocycles. The number of carbonyl (C=O) groups is 2. The van der Waals surface area contributed by atoms with Crippen molar-refractivity contribution in [2.75, 3.05) is 51.1 Å². The fraction of sp³-hybridized carbons (Fsp3) is 0.579. The van der Waals surface area contributed by atoms with Gasteiger partial charge in [-0.25, -0.2) is 0 Å². The summed E-state index contributed by atoms with van der Waals surface area (Å²) in [5.41, 5.74) is 1.27. The molecule has 1 amide bonds. The van der Waals surface area contributed by atoms with Gasteiger partial charge in [-0.1, -0.05) is 25.5 Å². The average Bonchev–Trinajstić information content (AvgIpc) is 2.64. The van der Waals surface area contributed by atoms with E-state index in [1.165, 1.54) is 32.4 Å². The number of likely N-dealkylation sites (tertiary alicyclic amines) is 1. The number of carbonyl (C=O) groups excluding carboxylic acids is 2. The minimum atomic E-state index is -0.105. The van der Waals surface area contributed by atoms with Gasteiger partial charge in [-0.3, -0.25) is 9.59 Å². The zero-order chi connectivity index (χ0) is 17.9. The zero-order valence-corrected chi connectivity index (χ0v) is 15.1. The van der Waals surface area contributed by atoms with E-state index in [0.29, 0.717) is 17.8 Å². The maximum Gasteiger partial charge on any atom is 0.238 e. The van der Waals surface area contributed by atoms with Crippen molar-refractivity contribution in [1.82, 2.24) is 15.5 Å². The monoisotopic (exact) mass is 346 g/mol. The Kier molecular flexibility index (Phi) is 8.59. The van der Waals surface area contributed by atoms with Crippen molar-refractivity contribution in [2.45, 2.75) is 26.2 Å². The van der Waals surface area contributed by atoms with Gasteiger partial charge in [0.05, 0.1) is 13.1 Å². The molecule has 1 saturated heterocycles. The first-order valence-electron chi connectivity index (χ1n) is 9.26. The first-order valence-corrected chi connectivity index (χ1v) is 9.26. The number of piperidine rings is 1. The summed E-state index contributed by atoms with van der Waals surface area (Å²) in [4.78, 5) is 26.5. The molecule has 1 aromatic carbocycles. The molecule has 0 spiro atoms. The van der Waals surface area contributed by atoms with Crippen LogP contribution in [-0.2, 0) is 4.79 Å². The molecule has 0 radical (unpaired) electrons. The van der Waals surface area contributed by atoms with Crippen molar-refractivity contribution in [3.8, 4) is 0 Å². The van der Waals surface area contributed by atoms with Gasteiger partial charge in [0, 0.05) is 24.3 Å². The first-order chi connectivity index (χ1) is 12.2. The molecule has 3 N–H and O–H groups in total. The van der Waals surface area contributed by atoms with Crippen LogP contribution in [0.15, 0.2) is 24.3 Å². The van der Waals surface area contributed by atoms with Crippen molar-refractivity contribution in [3.05, 3.63) is 29.8 Å². The molecule has 0 unspecified atom stereocenters. The molecular weight excluding hydrogens is 316 g/mol. The SMILES string of the molecule is CCNCC(=O)Nc1cccc(C(=O)CNCCN2CCCCC2)c1. The Balaban J connectivity index is 1.73. The highest BCUT2D eigenvalue weighted by atomic mass is 16.2. The van der Waals surface area contributed by atoms with Gasteiger partial charge in [0.1, 0.15) is 0 Å². The molecular formula is C19H30N4O2. The summed E-state index contributed by atoms with van der Waals surface area (Å²) in [7, 11) is 0. The molecule has 138 valence electrons. The van der Waals surface area contributed by atoms with Crippen LogP contribution in [0.25, 0.3) is 0 Å². The van der Waals surface area contributed by atoms with Crippen LogP contribution in [0.3, 0.4) is 0 Å². The van der Waals surface area contributed by atoms with Gasteiger partial charge in [0.25, 0.3) is 0 Å². The number of amides is 1. The van der Waals surface area contributed by atoms with E-state index in [1.807, 2.05) is 6.92 Å². The van der Waals surface area contributed by atoms with E-state index in [1.54, 1.807) is 24.3 Å². The Hall–Kier alpha value is -1.76. The summed E-state index contributed by atoms with van der Waals surface area (Å²) in [5.74, 6) is -0.0625. The number of anilines is 1. The Morgan fingerprint density at radius 2 is 1.88 bits per heavy atom. The molecule has 6 nitrogen and oxygen atoms in total. The molecule has 0 aromatic heterocycles. The predicted molar refractivity (Wildman–Crippen MR) is 101 cm³/mol. The topological polar surface area (TPSA) is 73.5 Å². The molecule has 1 aromatic rings. The highest BCUT2D eigenvalue weighted by Crippen LogP contribution is 2.11. The van der Waals surface area contributed by atoms with E-state index in [4.69, 9.17) is 0 Å². The lowest BCUT2D eigenvalue weighted by Crippen LogP contribution is -2.37. The second-order valence-corrected chi connectivity index (χ2v) is 6.41. The molecule has 6 heteroatoms. The average molecular weight is 346 g/mol. The lowest BCUT2D eigenvalue weighted by atomic mass is 10.1. The normalized spacial score (nSPS) is 15.1. The summed E-state index contributed by atoms with van der Waals surface area (Å²) in [5, 5.41) is 9.01. The molecule has 0 saturated carbocycles. The van der Waals surface area contributed by atoms with Crippen LogP contribution in [0.5, 0.6) is 0 Å². The smallest absolute Gasteiger partial charge is 0.238 e. The highest BCUT2D eigenvalue weighted by Gasteiger charge is 2.10. The van der Waals surface area contributed by atoms with Crippen LogP contribution in [0.4, 0.5) is 5.69 Å². The maximum absolute atomic E-state index is 12.3. The number of rotatable bonds is 10. The summed E-state index contributed by atoms with van der Waals surface area (Å²) in [6.45, 7) is 7.45. The lowest BCUT2D eigenvalue weighted by molar-refractivity contribution is -0.115. The van der Waals surface area contributed by atoms with Gasteiger partial charge in [0.2, 0.25) is 5.91 Å². The third kappa shape index (κ3) is 7.34. The van der Waals surface area contributed by atoms with Crippen LogP contribution >= 0.6 is 0 Å². The largest absolute Gasteiger partial charge is 0.325 e. The molecule has 2 rings (SSSR count). The van der Waals surface area contributed by atoms with Crippen LogP contribution in [0, 0.1) is 0 Å². The van der Waals surface area contributed by atoms with Gasteiger partial charge in [-0.2, -0.15) is 0 Å². The highest BCUT2D eigenvalue weighted by molar-refractivity contribution is 5.99. The second-order valence-electron chi connectivity index (χ2n) is 6.41. The minimum Gasteiger partial charge on any atom is -0.325 e. The van der Waals surface area contributed by atoms with Crippen LogP contribution < -0.4 is 16.0 Å². The van der Waals surface area contributed by atoms with E-state index < -0.39 is 0 Å². The lowest BCUT2D eigenvalue weighted by Gasteiger charge is -2.26.